The molecule has 1 unspecified atom stereocenters. The van der Waals surface area contributed by atoms with E-state index in [1.165, 1.54) is 6.20 Å². The van der Waals surface area contributed by atoms with Gasteiger partial charge in [0.2, 0.25) is 5.78 Å². The normalized spacial score (nSPS) is 12.0. The van der Waals surface area contributed by atoms with Gasteiger partial charge in [0.1, 0.15) is 28.7 Å². The second kappa shape index (κ2) is 9.41. The average molecular weight is 467 g/mol. The van der Waals surface area contributed by atoms with Crippen molar-refractivity contribution >= 4 is 39.8 Å². The molecule has 33 heavy (non-hydrogen) atoms. The first-order valence-electron chi connectivity index (χ1n) is 10.1. The molecule has 6 nitrogen and oxygen atoms in total. The van der Waals surface area contributed by atoms with E-state index in [1.807, 2.05) is 6.92 Å². The molecule has 0 fully saturated rings. The predicted octanol–water partition coefficient (Wildman–Crippen LogP) is 5.04. The number of hydrogen-bond donors (Lipinski definition) is 2. The molecule has 168 valence electrons. The van der Waals surface area contributed by atoms with E-state index >= 15 is 4.39 Å². The van der Waals surface area contributed by atoms with Crippen molar-refractivity contribution in [1.82, 2.24) is 9.97 Å². The monoisotopic (exact) mass is 467 g/mol. The molecule has 1 atom stereocenters. The zero-order valence-electron chi connectivity index (χ0n) is 17.5. The summed E-state index contributed by atoms with van der Waals surface area (Å²) in [6, 6.07) is 10.6. The Kier molecular flexibility index (Phi) is 6.41. The quantitative estimate of drug-likeness (QED) is 0.281. The molecule has 0 spiro atoms. The lowest BCUT2D eigenvalue weighted by Crippen LogP contribution is -2.13. The molecule has 0 aliphatic rings. The summed E-state index contributed by atoms with van der Waals surface area (Å²) >= 11 is 0. The Hall–Kier alpha value is -3.72. The van der Waals surface area contributed by atoms with Gasteiger partial charge < -0.3 is 9.71 Å². The van der Waals surface area contributed by atoms with Crippen LogP contribution in [0.15, 0.2) is 54.9 Å². The molecule has 0 aliphatic carbocycles. The minimum absolute atomic E-state index is 0.0495. The SMILES string of the molecule is CCCS(=O)Nc1ccc(F)c(C(=O)c2c[nH]c3ncc(-c4ccc(C=O)cc4)cc23)c1F. The van der Waals surface area contributed by atoms with Gasteiger partial charge in [0.15, 0.2) is 5.82 Å². The predicted molar refractivity (Wildman–Crippen MR) is 124 cm³/mol. The molecule has 0 bridgehead atoms. The highest BCUT2D eigenvalue weighted by atomic mass is 32.2. The van der Waals surface area contributed by atoms with Crippen molar-refractivity contribution in [2.45, 2.75) is 13.3 Å². The number of aromatic nitrogens is 2. The summed E-state index contributed by atoms with van der Waals surface area (Å²) in [5.41, 5.74) is 1.43. The van der Waals surface area contributed by atoms with Crippen LogP contribution in [0.1, 0.15) is 39.6 Å². The zero-order valence-corrected chi connectivity index (χ0v) is 18.3. The third-order valence-electron chi connectivity index (χ3n) is 5.09. The van der Waals surface area contributed by atoms with E-state index in [1.54, 1.807) is 36.5 Å². The highest BCUT2D eigenvalue weighted by molar-refractivity contribution is 7.86. The number of aromatic amines is 1. The number of ketones is 1. The number of nitrogens with zero attached hydrogens (tertiary/aromatic N) is 1. The van der Waals surface area contributed by atoms with Crippen LogP contribution in [0.4, 0.5) is 14.5 Å². The number of fused-ring (bicyclic) bond motifs is 1. The maximum Gasteiger partial charge on any atom is 0.201 e. The summed E-state index contributed by atoms with van der Waals surface area (Å²) in [5.74, 6) is -2.71. The van der Waals surface area contributed by atoms with E-state index in [0.717, 1.165) is 24.0 Å². The number of aldehydes is 1. The molecule has 0 radical (unpaired) electrons. The summed E-state index contributed by atoms with van der Waals surface area (Å²) in [6.45, 7) is 1.82. The molecule has 0 saturated carbocycles. The third kappa shape index (κ3) is 4.45. The van der Waals surface area contributed by atoms with Gasteiger partial charge in [0.25, 0.3) is 0 Å². The van der Waals surface area contributed by atoms with Crippen molar-refractivity contribution in [2.24, 2.45) is 0 Å². The van der Waals surface area contributed by atoms with Crippen molar-refractivity contribution in [1.29, 1.82) is 0 Å². The molecule has 2 N–H and O–H groups in total. The standard InChI is InChI=1S/C24H19F2N3O3S/c1-2-9-33(32)29-20-8-7-19(25)21(22(20)26)23(31)18-12-28-24-17(18)10-16(11-27-24)15-5-3-14(13-30)4-6-15/h3-8,10-13,29H,2,9H2,1H3,(H,27,28). The van der Waals surface area contributed by atoms with E-state index in [2.05, 4.69) is 14.7 Å². The number of hydrogen-bond acceptors (Lipinski definition) is 4. The number of carbonyl (C=O) groups excluding carboxylic acids is 2. The Morgan fingerprint density at radius 2 is 1.91 bits per heavy atom. The van der Waals surface area contributed by atoms with Crippen LogP contribution in [0.25, 0.3) is 22.2 Å². The highest BCUT2D eigenvalue weighted by Crippen LogP contribution is 2.29. The van der Waals surface area contributed by atoms with Crippen molar-refractivity contribution in [2.75, 3.05) is 10.5 Å². The number of benzene rings is 2. The summed E-state index contributed by atoms with van der Waals surface area (Å²) in [6.07, 6.45) is 4.29. The summed E-state index contributed by atoms with van der Waals surface area (Å²) in [4.78, 5) is 31.2. The van der Waals surface area contributed by atoms with Gasteiger partial charge in [-0.2, -0.15) is 0 Å². The average Bonchev–Trinajstić information content (AvgIpc) is 3.24. The van der Waals surface area contributed by atoms with Gasteiger partial charge in [-0.25, -0.2) is 18.0 Å². The summed E-state index contributed by atoms with van der Waals surface area (Å²) < 4.78 is 44.1. The number of anilines is 1. The molecule has 0 amide bonds. The first kappa shape index (κ1) is 22.5. The minimum atomic E-state index is -1.56. The lowest BCUT2D eigenvalue weighted by atomic mass is 9.99. The van der Waals surface area contributed by atoms with E-state index in [9.17, 15) is 18.2 Å². The highest BCUT2D eigenvalue weighted by Gasteiger charge is 2.25. The molecule has 9 heteroatoms. The van der Waals surface area contributed by atoms with Crippen LogP contribution in [0.2, 0.25) is 0 Å². The number of H-pyrrole nitrogens is 1. The molecule has 0 saturated heterocycles. The lowest BCUT2D eigenvalue weighted by Gasteiger charge is -2.10. The Bertz CT molecular complexity index is 1380. The second-order valence-electron chi connectivity index (χ2n) is 7.33. The fourth-order valence-electron chi connectivity index (χ4n) is 3.44. The van der Waals surface area contributed by atoms with E-state index in [0.29, 0.717) is 28.6 Å². The fourth-order valence-corrected chi connectivity index (χ4v) is 4.31. The lowest BCUT2D eigenvalue weighted by molar-refractivity contribution is 0.103. The van der Waals surface area contributed by atoms with Crippen molar-refractivity contribution in [3.05, 3.63) is 83.2 Å². The maximum atomic E-state index is 15.1. The third-order valence-corrected chi connectivity index (χ3v) is 6.31. The van der Waals surface area contributed by atoms with Gasteiger partial charge >= 0.3 is 0 Å². The van der Waals surface area contributed by atoms with Gasteiger partial charge in [-0.05, 0) is 30.2 Å². The largest absolute Gasteiger partial charge is 0.345 e. The number of pyridine rings is 1. The van der Waals surface area contributed by atoms with E-state index in [-0.39, 0.29) is 17.0 Å². The van der Waals surface area contributed by atoms with Crippen LogP contribution in [0, 0.1) is 11.6 Å². The molecular weight excluding hydrogens is 448 g/mol. The number of nitrogens with one attached hydrogen (secondary N) is 2. The van der Waals surface area contributed by atoms with E-state index < -0.39 is 34.0 Å². The van der Waals surface area contributed by atoms with Gasteiger partial charge in [-0.3, -0.25) is 9.59 Å². The van der Waals surface area contributed by atoms with Gasteiger partial charge in [-0.15, -0.1) is 0 Å². The Labute approximate surface area is 190 Å². The topological polar surface area (TPSA) is 91.9 Å². The number of halogens is 2. The first-order valence-corrected chi connectivity index (χ1v) is 11.4. The molecule has 0 aliphatic heterocycles. The Morgan fingerprint density at radius 1 is 1.15 bits per heavy atom. The maximum absolute atomic E-state index is 15.1. The van der Waals surface area contributed by atoms with E-state index in [4.69, 9.17) is 0 Å². The molecular formula is C24H19F2N3O3S. The zero-order chi connectivity index (χ0) is 23.5. The van der Waals surface area contributed by atoms with Gasteiger partial charge in [0, 0.05) is 40.2 Å². The van der Waals surface area contributed by atoms with Crippen molar-refractivity contribution < 1.29 is 22.6 Å². The summed E-state index contributed by atoms with van der Waals surface area (Å²) in [5, 5.41) is 0.392. The molecule has 2 aromatic carbocycles. The minimum Gasteiger partial charge on any atom is -0.345 e. The Morgan fingerprint density at radius 3 is 2.61 bits per heavy atom. The first-order chi connectivity index (χ1) is 15.9. The number of carbonyl (C=O) groups is 2. The van der Waals surface area contributed by atoms with Crippen LogP contribution in [-0.4, -0.2) is 32.0 Å². The fraction of sp³-hybridized carbons (Fsp3) is 0.125. The summed E-state index contributed by atoms with van der Waals surface area (Å²) in [7, 11) is -1.56. The van der Waals surface area contributed by atoms with Crippen LogP contribution < -0.4 is 4.72 Å². The van der Waals surface area contributed by atoms with Crippen LogP contribution in [0.5, 0.6) is 0 Å². The Balaban J connectivity index is 1.75. The molecule has 4 rings (SSSR count). The van der Waals surface area contributed by atoms with Crippen LogP contribution in [-0.2, 0) is 11.0 Å². The second-order valence-corrected chi connectivity index (χ2v) is 8.63. The molecule has 2 aromatic heterocycles. The smallest absolute Gasteiger partial charge is 0.201 e. The van der Waals surface area contributed by atoms with Gasteiger partial charge in [-0.1, -0.05) is 31.2 Å². The van der Waals surface area contributed by atoms with Crippen molar-refractivity contribution in [3.8, 4) is 11.1 Å². The van der Waals surface area contributed by atoms with Crippen LogP contribution >= 0.6 is 0 Å². The molecule has 4 aromatic rings. The van der Waals surface area contributed by atoms with Crippen LogP contribution in [0.3, 0.4) is 0 Å². The molecule has 2 heterocycles. The van der Waals surface area contributed by atoms with Gasteiger partial charge in [0.05, 0.1) is 11.3 Å². The number of rotatable bonds is 8. The van der Waals surface area contributed by atoms with Crippen molar-refractivity contribution in [3.63, 3.8) is 0 Å².